The van der Waals surface area contributed by atoms with Crippen molar-refractivity contribution in [3.05, 3.63) is 48.2 Å². The lowest BCUT2D eigenvalue weighted by Gasteiger charge is -2.28. The Morgan fingerprint density at radius 3 is 2.61 bits per heavy atom. The van der Waals surface area contributed by atoms with Crippen LogP contribution in [0.4, 0.5) is 11.4 Å². The molecular weight excluding hydrogens is 378 g/mol. The van der Waals surface area contributed by atoms with Crippen molar-refractivity contribution in [3.8, 4) is 0 Å². The number of thioether (sulfide) groups is 1. The molecule has 2 aromatic rings. The molecule has 148 valence electrons. The van der Waals surface area contributed by atoms with Gasteiger partial charge in [0.2, 0.25) is 0 Å². The summed E-state index contributed by atoms with van der Waals surface area (Å²) < 4.78 is 10.7. The maximum Gasteiger partial charge on any atom is 0.341 e. The highest BCUT2D eigenvalue weighted by atomic mass is 32.2. The number of amides is 1. The summed E-state index contributed by atoms with van der Waals surface area (Å²) in [6, 6.07) is 10.9. The van der Waals surface area contributed by atoms with Gasteiger partial charge in [0.1, 0.15) is 5.03 Å². The van der Waals surface area contributed by atoms with E-state index in [1.165, 1.54) is 11.8 Å². The smallest absolute Gasteiger partial charge is 0.341 e. The minimum absolute atomic E-state index is 0.351. The van der Waals surface area contributed by atoms with Gasteiger partial charge in [-0.1, -0.05) is 0 Å². The first-order valence-corrected chi connectivity index (χ1v) is 10.2. The van der Waals surface area contributed by atoms with Crippen LogP contribution in [0, 0.1) is 0 Å². The number of rotatable bonds is 6. The molecule has 0 unspecified atom stereocenters. The van der Waals surface area contributed by atoms with Crippen molar-refractivity contribution in [1.82, 2.24) is 4.98 Å². The van der Waals surface area contributed by atoms with E-state index in [1.54, 1.807) is 25.3 Å². The van der Waals surface area contributed by atoms with Crippen LogP contribution in [0.15, 0.2) is 47.6 Å². The predicted octanol–water partition coefficient (Wildman–Crippen LogP) is 2.82. The third-order valence-corrected chi connectivity index (χ3v) is 5.06. The molecule has 1 aliphatic heterocycles. The van der Waals surface area contributed by atoms with Crippen LogP contribution in [0.1, 0.15) is 17.3 Å². The largest absolute Gasteiger partial charge is 0.449 e. The quantitative estimate of drug-likeness (QED) is 0.589. The van der Waals surface area contributed by atoms with Crippen molar-refractivity contribution in [2.24, 2.45) is 0 Å². The Hall–Kier alpha value is -2.58. The molecule has 0 radical (unpaired) electrons. The number of carbonyl (C=O) groups excluding carboxylic acids is 2. The number of aromatic nitrogens is 1. The second-order valence-corrected chi connectivity index (χ2v) is 7.04. The zero-order chi connectivity index (χ0) is 19.9. The van der Waals surface area contributed by atoms with Crippen LogP contribution in [0.2, 0.25) is 0 Å². The van der Waals surface area contributed by atoms with E-state index < -0.39 is 12.1 Å². The lowest BCUT2D eigenvalue weighted by atomic mass is 10.2. The van der Waals surface area contributed by atoms with Gasteiger partial charge in [-0.3, -0.25) is 4.79 Å². The van der Waals surface area contributed by atoms with Gasteiger partial charge in [-0.15, -0.1) is 11.8 Å². The third-order valence-electron chi connectivity index (χ3n) is 4.35. The van der Waals surface area contributed by atoms with E-state index in [9.17, 15) is 9.59 Å². The van der Waals surface area contributed by atoms with Crippen molar-refractivity contribution in [3.63, 3.8) is 0 Å². The van der Waals surface area contributed by atoms with Gasteiger partial charge in [0.05, 0.1) is 18.8 Å². The Labute approximate surface area is 168 Å². The van der Waals surface area contributed by atoms with Gasteiger partial charge in [-0.05, 0) is 49.6 Å². The van der Waals surface area contributed by atoms with Gasteiger partial charge in [0.15, 0.2) is 6.10 Å². The van der Waals surface area contributed by atoms with Crippen LogP contribution in [-0.4, -0.2) is 55.5 Å². The van der Waals surface area contributed by atoms with Gasteiger partial charge < -0.3 is 19.7 Å². The molecule has 3 rings (SSSR count). The summed E-state index contributed by atoms with van der Waals surface area (Å²) in [5.41, 5.74) is 2.09. The fraction of sp³-hybridized carbons (Fsp3) is 0.350. The molecule has 1 amide bonds. The Kier molecular flexibility index (Phi) is 6.89. The first-order chi connectivity index (χ1) is 13.6. The van der Waals surface area contributed by atoms with Gasteiger partial charge >= 0.3 is 5.97 Å². The van der Waals surface area contributed by atoms with Crippen LogP contribution >= 0.6 is 11.8 Å². The molecule has 8 heteroatoms. The number of anilines is 2. The van der Waals surface area contributed by atoms with Crippen molar-refractivity contribution < 1.29 is 19.1 Å². The summed E-state index contributed by atoms with van der Waals surface area (Å²) in [6.07, 6.45) is 2.51. The van der Waals surface area contributed by atoms with Gasteiger partial charge in [0, 0.05) is 30.7 Å². The number of nitrogens with one attached hydrogen (secondary N) is 1. The number of ether oxygens (including phenoxy) is 2. The average Bonchev–Trinajstić information content (AvgIpc) is 2.74. The summed E-state index contributed by atoms with van der Waals surface area (Å²) in [7, 11) is 0. The number of hydrogen-bond donors (Lipinski definition) is 1. The Morgan fingerprint density at radius 1 is 1.21 bits per heavy atom. The molecule has 0 bridgehead atoms. The maximum absolute atomic E-state index is 12.4. The van der Waals surface area contributed by atoms with E-state index in [0.717, 1.165) is 32.0 Å². The number of esters is 1. The molecule has 2 heterocycles. The second kappa shape index (κ2) is 9.57. The molecule has 1 saturated heterocycles. The van der Waals surface area contributed by atoms with Gasteiger partial charge in [0.25, 0.3) is 5.91 Å². The van der Waals surface area contributed by atoms with Crippen molar-refractivity contribution in [1.29, 1.82) is 0 Å². The van der Waals surface area contributed by atoms with Crippen LogP contribution in [0.25, 0.3) is 0 Å². The molecule has 1 aromatic heterocycles. The molecule has 1 N–H and O–H groups in total. The van der Waals surface area contributed by atoms with Crippen molar-refractivity contribution >= 4 is 35.0 Å². The summed E-state index contributed by atoms with van der Waals surface area (Å²) >= 11 is 1.35. The van der Waals surface area contributed by atoms with Crippen LogP contribution in [0.5, 0.6) is 0 Å². The zero-order valence-corrected chi connectivity index (χ0v) is 16.7. The Balaban J connectivity index is 1.57. The monoisotopic (exact) mass is 401 g/mol. The average molecular weight is 401 g/mol. The van der Waals surface area contributed by atoms with Crippen molar-refractivity contribution in [2.75, 3.05) is 42.8 Å². The molecule has 1 aromatic carbocycles. The number of pyridine rings is 1. The number of carbonyl (C=O) groups is 2. The number of benzene rings is 1. The molecule has 1 aliphatic rings. The molecule has 1 fully saturated rings. The van der Waals surface area contributed by atoms with Crippen LogP contribution in [0.3, 0.4) is 0 Å². The lowest BCUT2D eigenvalue weighted by Crippen LogP contribution is -2.36. The SMILES string of the molecule is CSc1ncccc1C(=O)O[C@H](C)C(=O)Nc1ccc(N2CCOCC2)cc1. The topological polar surface area (TPSA) is 80.8 Å². The molecule has 0 saturated carbocycles. The van der Waals surface area contributed by atoms with E-state index in [4.69, 9.17) is 9.47 Å². The predicted molar refractivity (Wildman–Crippen MR) is 109 cm³/mol. The number of morpholine rings is 1. The van der Waals surface area contributed by atoms with Gasteiger partial charge in [-0.2, -0.15) is 0 Å². The molecule has 0 spiro atoms. The summed E-state index contributed by atoms with van der Waals surface area (Å²) in [4.78, 5) is 31.1. The summed E-state index contributed by atoms with van der Waals surface area (Å²) in [6.45, 7) is 4.69. The van der Waals surface area contributed by atoms with Gasteiger partial charge in [-0.25, -0.2) is 9.78 Å². The zero-order valence-electron chi connectivity index (χ0n) is 15.9. The minimum Gasteiger partial charge on any atom is -0.449 e. The Bertz CT molecular complexity index is 822. The number of hydrogen-bond acceptors (Lipinski definition) is 7. The van der Waals surface area contributed by atoms with E-state index in [2.05, 4.69) is 15.2 Å². The van der Waals surface area contributed by atoms with E-state index in [-0.39, 0.29) is 5.91 Å². The van der Waals surface area contributed by atoms with Crippen molar-refractivity contribution in [2.45, 2.75) is 18.1 Å². The van der Waals surface area contributed by atoms with E-state index >= 15 is 0 Å². The second-order valence-electron chi connectivity index (χ2n) is 6.24. The molecule has 1 atom stereocenters. The summed E-state index contributed by atoms with van der Waals surface area (Å²) in [5, 5.41) is 3.35. The fourth-order valence-electron chi connectivity index (χ4n) is 2.81. The molecule has 0 aliphatic carbocycles. The number of nitrogens with zero attached hydrogens (tertiary/aromatic N) is 2. The van der Waals surface area contributed by atoms with E-state index in [0.29, 0.717) is 16.3 Å². The standard InChI is InChI=1S/C20H23N3O4S/c1-14(27-20(25)17-4-3-9-21-19(17)28-2)18(24)22-15-5-7-16(8-6-15)23-10-12-26-13-11-23/h3-9,14H,10-13H2,1-2H3,(H,22,24)/t14-/m1/s1. The molecular formula is C20H23N3O4S. The first-order valence-electron chi connectivity index (χ1n) is 9.02. The summed E-state index contributed by atoms with van der Waals surface area (Å²) in [5.74, 6) is -0.954. The normalized spacial score (nSPS) is 15.0. The van der Waals surface area contributed by atoms with Crippen LogP contribution < -0.4 is 10.2 Å². The minimum atomic E-state index is -0.929. The lowest BCUT2D eigenvalue weighted by molar-refractivity contribution is -0.123. The highest BCUT2D eigenvalue weighted by Crippen LogP contribution is 2.20. The fourth-order valence-corrected chi connectivity index (χ4v) is 3.34. The molecule has 28 heavy (non-hydrogen) atoms. The first kappa shape index (κ1) is 20.2. The highest BCUT2D eigenvalue weighted by molar-refractivity contribution is 7.98. The van der Waals surface area contributed by atoms with Crippen LogP contribution in [-0.2, 0) is 14.3 Å². The van der Waals surface area contributed by atoms with E-state index in [1.807, 2.05) is 30.5 Å². The molecule has 7 nitrogen and oxygen atoms in total. The third kappa shape index (κ3) is 5.02. The maximum atomic E-state index is 12.4. The highest BCUT2D eigenvalue weighted by Gasteiger charge is 2.21. The Morgan fingerprint density at radius 2 is 1.93 bits per heavy atom.